The van der Waals surface area contributed by atoms with Gasteiger partial charge in [-0.3, -0.25) is 4.72 Å². The molecule has 0 spiro atoms. The van der Waals surface area contributed by atoms with Crippen molar-refractivity contribution < 1.29 is 8.42 Å². The van der Waals surface area contributed by atoms with Crippen molar-refractivity contribution >= 4 is 39.2 Å². The first kappa shape index (κ1) is 16.8. The lowest BCUT2D eigenvalue weighted by Crippen LogP contribution is -2.14. The summed E-state index contributed by atoms with van der Waals surface area (Å²) in [5, 5.41) is 1.35. The second-order valence-electron chi connectivity index (χ2n) is 4.71. The van der Waals surface area contributed by atoms with Crippen molar-refractivity contribution in [1.82, 2.24) is 9.97 Å². The average Bonchev–Trinajstić information content (AvgIpc) is 2.58. The van der Waals surface area contributed by atoms with Crippen LogP contribution in [0.2, 0.25) is 5.02 Å². The zero-order chi connectivity index (χ0) is 17.0. The van der Waals surface area contributed by atoms with Crippen molar-refractivity contribution in [2.75, 3.05) is 4.72 Å². The molecule has 2 aromatic heterocycles. The van der Waals surface area contributed by atoms with Gasteiger partial charge in [-0.05, 0) is 48.5 Å². The molecule has 0 aliphatic heterocycles. The summed E-state index contributed by atoms with van der Waals surface area (Å²) in [6, 6.07) is 15.5. The fourth-order valence-corrected chi connectivity index (χ4v) is 3.66. The molecule has 0 atom stereocenters. The number of anilines is 1. The highest BCUT2D eigenvalue weighted by atomic mass is 35.5. The Labute approximate surface area is 149 Å². The van der Waals surface area contributed by atoms with E-state index in [1.807, 2.05) is 12.1 Å². The van der Waals surface area contributed by atoms with E-state index in [-0.39, 0.29) is 10.7 Å². The maximum atomic E-state index is 12.3. The number of pyridine rings is 2. The Balaban J connectivity index is 1.75. The highest BCUT2D eigenvalue weighted by molar-refractivity contribution is 7.99. The molecule has 0 bridgehead atoms. The lowest BCUT2D eigenvalue weighted by atomic mass is 10.4. The minimum absolute atomic E-state index is 0.0774. The van der Waals surface area contributed by atoms with E-state index in [9.17, 15) is 8.42 Å². The highest BCUT2D eigenvalue weighted by Gasteiger charge is 2.15. The molecule has 122 valence electrons. The summed E-state index contributed by atoms with van der Waals surface area (Å²) < 4.78 is 27.0. The number of nitrogens with zero attached hydrogens (tertiary/aromatic N) is 2. The molecule has 24 heavy (non-hydrogen) atoms. The molecule has 0 fully saturated rings. The van der Waals surface area contributed by atoms with Gasteiger partial charge in [0, 0.05) is 22.3 Å². The van der Waals surface area contributed by atoms with Crippen LogP contribution in [0.3, 0.4) is 0 Å². The summed E-state index contributed by atoms with van der Waals surface area (Å²) in [7, 11) is -3.71. The lowest BCUT2D eigenvalue weighted by Gasteiger charge is -2.07. The van der Waals surface area contributed by atoms with Crippen molar-refractivity contribution in [2.45, 2.75) is 14.8 Å². The van der Waals surface area contributed by atoms with Crippen LogP contribution in [0, 0.1) is 0 Å². The topological polar surface area (TPSA) is 72.0 Å². The van der Waals surface area contributed by atoms with Gasteiger partial charge in [0.25, 0.3) is 10.0 Å². The van der Waals surface area contributed by atoms with Gasteiger partial charge in [0.2, 0.25) is 0 Å². The van der Waals surface area contributed by atoms with Crippen molar-refractivity contribution in [3.8, 4) is 0 Å². The summed E-state index contributed by atoms with van der Waals surface area (Å²) in [6.45, 7) is 0. The predicted octanol–water partition coefficient (Wildman–Crippen LogP) is 4.08. The molecule has 0 radical (unpaired) electrons. The third-order valence-electron chi connectivity index (χ3n) is 2.96. The van der Waals surface area contributed by atoms with Crippen LogP contribution in [0.4, 0.5) is 5.82 Å². The molecular formula is C16H12ClN3O2S2. The van der Waals surface area contributed by atoms with Crippen LogP contribution >= 0.6 is 23.4 Å². The SMILES string of the molecule is O=S(=O)(Nc1ccccn1)c1ccc(Sc2ccc(Cl)cc2)nc1. The van der Waals surface area contributed by atoms with Crippen LogP contribution in [0.5, 0.6) is 0 Å². The summed E-state index contributed by atoms with van der Waals surface area (Å²) in [4.78, 5) is 9.18. The average molecular weight is 378 g/mol. The van der Waals surface area contributed by atoms with E-state index in [1.54, 1.807) is 36.4 Å². The standard InChI is InChI=1S/C16H12ClN3O2S2/c17-12-4-6-13(7-5-12)23-16-9-8-14(11-19-16)24(21,22)20-15-3-1-2-10-18-15/h1-11H,(H,18,20). The smallest absolute Gasteiger partial charge is 0.263 e. The maximum absolute atomic E-state index is 12.3. The normalized spacial score (nSPS) is 11.2. The molecule has 0 aliphatic carbocycles. The molecule has 1 N–H and O–H groups in total. The quantitative estimate of drug-likeness (QED) is 0.725. The Bertz CT molecular complexity index is 916. The Morgan fingerprint density at radius 2 is 1.75 bits per heavy atom. The van der Waals surface area contributed by atoms with Crippen LogP contribution in [-0.4, -0.2) is 18.4 Å². The molecule has 2 heterocycles. The van der Waals surface area contributed by atoms with E-state index in [1.165, 1.54) is 30.2 Å². The number of nitrogens with one attached hydrogen (secondary N) is 1. The van der Waals surface area contributed by atoms with Gasteiger partial charge in [0.15, 0.2) is 0 Å². The van der Waals surface area contributed by atoms with E-state index in [2.05, 4.69) is 14.7 Å². The Morgan fingerprint density at radius 1 is 0.958 bits per heavy atom. The summed E-state index contributed by atoms with van der Waals surface area (Å²) in [5.74, 6) is 0.261. The summed E-state index contributed by atoms with van der Waals surface area (Å²) in [5.41, 5.74) is 0. The maximum Gasteiger partial charge on any atom is 0.264 e. The fraction of sp³-hybridized carbons (Fsp3) is 0. The first-order chi connectivity index (χ1) is 11.5. The lowest BCUT2D eigenvalue weighted by molar-refractivity contribution is 0.600. The number of halogens is 1. The molecule has 1 aromatic carbocycles. The summed E-state index contributed by atoms with van der Waals surface area (Å²) >= 11 is 7.27. The molecule has 8 heteroatoms. The van der Waals surface area contributed by atoms with Gasteiger partial charge in [0.05, 0.1) is 0 Å². The first-order valence-corrected chi connectivity index (χ1v) is 9.54. The minimum atomic E-state index is -3.71. The number of rotatable bonds is 5. The minimum Gasteiger partial charge on any atom is -0.263 e. The largest absolute Gasteiger partial charge is 0.264 e. The molecule has 3 aromatic rings. The molecule has 0 aliphatic rings. The predicted molar refractivity (Wildman–Crippen MR) is 94.9 cm³/mol. The Morgan fingerprint density at radius 3 is 2.38 bits per heavy atom. The molecule has 5 nitrogen and oxygen atoms in total. The zero-order valence-electron chi connectivity index (χ0n) is 12.3. The number of hydrogen-bond acceptors (Lipinski definition) is 5. The van der Waals surface area contributed by atoms with Gasteiger partial charge in [-0.2, -0.15) is 0 Å². The first-order valence-electron chi connectivity index (χ1n) is 6.86. The molecule has 0 saturated carbocycles. The van der Waals surface area contributed by atoms with Crippen molar-refractivity contribution in [3.05, 3.63) is 72.0 Å². The second-order valence-corrected chi connectivity index (χ2v) is 7.92. The van der Waals surface area contributed by atoms with Crippen molar-refractivity contribution in [2.24, 2.45) is 0 Å². The molecule has 0 unspecified atom stereocenters. The highest BCUT2D eigenvalue weighted by Crippen LogP contribution is 2.27. The summed E-state index contributed by atoms with van der Waals surface area (Å²) in [6.07, 6.45) is 2.84. The van der Waals surface area contributed by atoms with E-state index in [0.717, 1.165) is 4.90 Å². The van der Waals surface area contributed by atoms with E-state index in [4.69, 9.17) is 11.6 Å². The molecule has 0 amide bonds. The second kappa shape index (κ2) is 7.21. The van der Waals surface area contributed by atoms with E-state index >= 15 is 0 Å². The number of hydrogen-bond donors (Lipinski definition) is 1. The van der Waals surface area contributed by atoms with Gasteiger partial charge in [0.1, 0.15) is 15.7 Å². The number of sulfonamides is 1. The monoisotopic (exact) mass is 377 g/mol. The van der Waals surface area contributed by atoms with E-state index < -0.39 is 10.0 Å². The van der Waals surface area contributed by atoms with Gasteiger partial charge >= 0.3 is 0 Å². The van der Waals surface area contributed by atoms with Crippen molar-refractivity contribution in [3.63, 3.8) is 0 Å². The van der Waals surface area contributed by atoms with Crippen molar-refractivity contribution in [1.29, 1.82) is 0 Å². The molecular weight excluding hydrogens is 366 g/mol. The third-order valence-corrected chi connectivity index (χ3v) is 5.51. The van der Waals surface area contributed by atoms with Gasteiger partial charge in [-0.1, -0.05) is 29.4 Å². The zero-order valence-corrected chi connectivity index (χ0v) is 14.6. The van der Waals surface area contributed by atoms with Gasteiger partial charge in [-0.15, -0.1) is 0 Å². The van der Waals surface area contributed by atoms with Gasteiger partial charge in [-0.25, -0.2) is 18.4 Å². The number of benzene rings is 1. The van der Waals surface area contributed by atoms with Crippen LogP contribution in [0.1, 0.15) is 0 Å². The Kier molecular flexibility index (Phi) is 5.03. The molecule has 0 saturated heterocycles. The third kappa shape index (κ3) is 4.25. The molecule has 3 rings (SSSR count). The Hall–Kier alpha value is -2.09. The van der Waals surface area contributed by atoms with Gasteiger partial charge < -0.3 is 0 Å². The van der Waals surface area contributed by atoms with Crippen LogP contribution in [-0.2, 0) is 10.0 Å². The van der Waals surface area contributed by atoms with Crippen LogP contribution in [0.25, 0.3) is 0 Å². The van der Waals surface area contributed by atoms with E-state index in [0.29, 0.717) is 10.0 Å². The fourth-order valence-electron chi connectivity index (χ4n) is 1.83. The number of aromatic nitrogens is 2. The van der Waals surface area contributed by atoms with Crippen LogP contribution in [0.15, 0.2) is 81.8 Å². The van der Waals surface area contributed by atoms with Crippen LogP contribution < -0.4 is 4.72 Å².